The molecule has 2 aromatic rings. The van der Waals surface area contributed by atoms with E-state index in [-0.39, 0.29) is 17.7 Å². The maximum absolute atomic E-state index is 14.4. The summed E-state index contributed by atoms with van der Waals surface area (Å²) >= 11 is 0. The fourth-order valence-electron chi connectivity index (χ4n) is 3.15. The lowest BCUT2D eigenvalue weighted by atomic mass is 9.94. The molecule has 2 amide bonds. The molecule has 0 fully saturated rings. The Hall–Kier alpha value is -3.15. The van der Waals surface area contributed by atoms with Crippen molar-refractivity contribution in [3.8, 4) is 0 Å². The lowest BCUT2D eigenvalue weighted by Crippen LogP contribution is -2.47. The third kappa shape index (κ3) is 3.84. The van der Waals surface area contributed by atoms with Crippen LogP contribution in [-0.4, -0.2) is 23.5 Å². The van der Waals surface area contributed by atoms with Crippen LogP contribution in [0.1, 0.15) is 31.0 Å². The van der Waals surface area contributed by atoms with Crippen LogP contribution in [0.2, 0.25) is 0 Å². The molecule has 0 saturated heterocycles. The SMILES string of the molecule is CCOC(=O)C1=C(C)N(Cc2ccccc2)C(=O)NC1c1ccccc1F. The van der Waals surface area contributed by atoms with E-state index >= 15 is 0 Å². The summed E-state index contributed by atoms with van der Waals surface area (Å²) < 4.78 is 19.5. The number of nitrogens with one attached hydrogen (secondary N) is 1. The van der Waals surface area contributed by atoms with Crippen molar-refractivity contribution in [2.75, 3.05) is 6.61 Å². The maximum atomic E-state index is 14.4. The number of rotatable bonds is 5. The van der Waals surface area contributed by atoms with E-state index < -0.39 is 23.9 Å². The predicted molar refractivity (Wildman–Crippen MR) is 99.0 cm³/mol. The maximum Gasteiger partial charge on any atom is 0.338 e. The van der Waals surface area contributed by atoms with Crippen LogP contribution in [0.5, 0.6) is 0 Å². The van der Waals surface area contributed by atoms with Crippen molar-refractivity contribution in [3.63, 3.8) is 0 Å². The Morgan fingerprint density at radius 1 is 1.15 bits per heavy atom. The number of hydrogen-bond donors (Lipinski definition) is 1. The van der Waals surface area contributed by atoms with Gasteiger partial charge in [-0.1, -0.05) is 48.5 Å². The quantitative estimate of drug-likeness (QED) is 0.814. The molecule has 0 radical (unpaired) electrons. The zero-order chi connectivity index (χ0) is 19.4. The first kappa shape index (κ1) is 18.6. The Balaban J connectivity index is 2.05. The summed E-state index contributed by atoms with van der Waals surface area (Å²) in [6.07, 6.45) is 0. The second kappa shape index (κ2) is 8.03. The summed E-state index contributed by atoms with van der Waals surface area (Å²) in [6, 6.07) is 14.2. The van der Waals surface area contributed by atoms with Gasteiger partial charge in [-0.2, -0.15) is 0 Å². The first-order valence-corrected chi connectivity index (χ1v) is 8.77. The molecule has 5 nitrogen and oxygen atoms in total. The molecule has 1 N–H and O–H groups in total. The molecule has 0 aromatic heterocycles. The van der Waals surface area contributed by atoms with Crippen LogP contribution in [0.25, 0.3) is 0 Å². The highest BCUT2D eigenvalue weighted by Crippen LogP contribution is 2.33. The third-order valence-corrected chi connectivity index (χ3v) is 4.49. The van der Waals surface area contributed by atoms with Crippen molar-refractivity contribution in [1.29, 1.82) is 0 Å². The van der Waals surface area contributed by atoms with Crippen LogP contribution in [0.4, 0.5) is 9.18 Å². The normalized spacial score (nSPS) is 16.9. The molecule has 1 aliphatic heterocycles. The molecule has 2 aromatic carbocycles. The van der Waals surface area contributed by atoms with E-state index in [4.69, 9.17) is 4.74 Å². The molecular weight excluding hydrogens is 347 g/mol. The second-order valence-electron chi connectivity index (χ2n) is 6.20. The Morgan fingerprint density at radius 3 is 2.48 bits per heavy atom. The average Bonchev–Trinajstić information content (AvgIpc) is 2.66. The molecular formula is C21H21FN2O3. The summed E-state index contributed by atoms with van der Waals surface area (Å²) in [5.74, 6) is -1.06. The number of amides is 2. The van der Waals surface area contributed by atoms with E-state index in [1.807, 2.05) is 30.3 Å². The Kier molecular flexibility index (Phi) is 5.54. The smallest absolute Gasteiger partial charge is 0.338 e. The highest BCUT2D eigenvalue weighted by Gasteiger charge is 2.37. The summed E-state index contributed by atoms with van der Waals surface area (Å²) in [7, 11) is 0. The number of allylic oxidation sites excluding steroid dienone is 1. The zero-order valence-electron chi connectivity index (χ0n) is 15.2. The van der Waals surface area contributed by atoms with E-state index in [2.05, 4.69) is 5.32 Å². The van der Waals surface area contributed by atoms with E-state index in [1.165, 1.54) is 11.0 Å². The van der Waals surface area contributed by atoms with Crippen LogP contribution in [0.15, 0.2) is 65.9 Å². The number of halogens is 1. The van der Waals surface area contributed by atoms with Gasteiger partial charge < -0.3 is 10.1 Å². The molecule has 1 aliphatic rings. The Morgan fingerprint density at radius 2 is 1.81 bits per heavy atom. The summed E-state index contributed by atoms with van der Waals surface area (Å²) in [4.78, 5) is 26.8. The minimum absolute atomic E-state index is 0.187. The molecule has 0 bridgehead atoms. The summed E-state index contributed by atoms with van der Waals surface area (Å²) in [5.41, 5.74) is 1.83. The molecule has 1 unspecified atom stereocenters. The number of carbonyl (C=O) groups excluding carboxylic acids is 2. The lowest BCUT2D eigenvalue weighted by molar-refractivity contribution is -0.139. The van der Waals surface area contributed by atoms with E-state index in [9.17, 15) is 14.0 Å². The van der Waals surface area contributed by atoms with Gasteiger partial charge in [0.15, 0.2) is 0 Å². The van der Waals surface area contributed by atoms with E-state index in [1.54, 1.807) is 32.0 Å². The number of urea groups is 1. The van der Waals surface area contributed by atoms with E-state index in [0.29, 0.717) is 12.2 Å². The number of carbonyl (C=O) groups is 2. The van der Waals surface area contributed by atoms with Crippen LogP contribution < -0.4 is 5.32 Å². The standard InChI is InChI=1S/C21H21FN2O3/c1-3-27-20(25)18-14(2)24(13-15-9-5-4-6-10-15)21(26)23-19(18)16-11-7-8-12-17(16)22/h4-12,19H,3,13H2,1-2H3,(H,23,26). The number of benzene rings is 2. The fraction of sp³-hybridized carbons (Fsp3) is 0.238. The Labute approximate surface area is 157 Å². The van der Waals surface area contributed by atoms with Gasteiger partial charge in [0.25, 0.3) is 0 Å². The first-order valence-electron chi connectivity index (χ1n) is 8.77. The molecule has 1 heterocycles. The topological polar surface area (TPSA) is 58.6 Å². The molecule has 0 saturated carbocycles. The summed E-state index contributed by atoms with van der Waals surface area (Å²) in [6.45, 7) is 3.87. The van der Waals surface area contributed by atoms with Gasteiger partial charge in [-0.25, -0.2) is 14.0 Å². The minimum Gasteiger partial charge on any atom is -0.463 e. The number of ether oxygens (including phenoxy) is 1. The van der Waals surface area contributed by atoms with Crippen molar-refractivity contribution in [2.24, 2.45) is 0 Å². The van der Waals surface area contributed by atoms with Gasteiger partial charge in [0.05, 0.1) is 24.8 Å². The van der Waals surface area contributed by atoms with Gasteiger partial charge in [-0.05, 0) is 25.5 Å². The predicted octanol–water partition coefficient (Wildman–Crippen LogP) is 3.93. The van der Waals surface area contributed by atoms with Crippen LogP contribution >= 0.6 is 0 Å². The van der Waals surface area contributed by atoms with Gasteiger partial charge in [-0.15, -0.1) is 0 Å². The largest absolute Gasteiger partial charge is 0.463 e. The molecule has 0 aliphatic carbocycles. The third-order valence-electron chi connectivity index (χ3n) is 4.49. The number of nitrogens with zero attached hydrogens (tertiary/aromatic N) is 1. The summed E-state index contributed by atoms with van der Waals surface area (Å²) in [5, 5.41) is 2.75. The van der Waals surface area contributed by atoms with Crippen molar-refractivity contribution in [3.05, 3.63) is 82.8 Å². The average molecular weight is 368 g/mol. The van der Waals surface area contributed by atoms with Gasteiger partial charge in [0.2, 0.25) is 0 Å². The van der Waals surface area contributed by atoms with Gasteiger partial charge in [-0.3, -0.25) is 4.90 Å². The highest BCUT2D eigenvalue weighted by atomic mass is 19.1. The van der Waals surface area contributed by atoms with Crippen molar-refractivity contribution < 1.29 is 18.7 Å². The highest BCUT2D eigenvalue weighted by molar-refractivity contribution is 5.95. The monoisotopic (exact) mass is 368 g/mol. The van der Waals surface area contributed by atoms with Gasteiger partial charge in [0.1, 0.15) is 5.82 Å². The van der Waals surface area contributed by atoms with Crippen LogP contribution in [-0.2, 0) is 16.1 Å². The molecule has 140 valence electrons. The molecule has 3 rings (SSSR count). The van der Waals surface area contributed by atoms with Crippen LogP contribution in [0, 0.1) is 5.82 Å². The first-order chi connectivity index (χ1) is 13.0. The molecule has 27 heavy (non-hydrogen) atoms. The number of hydrogen-bond acceptors (Lipinski definition) is 3. The van der Waals surface area contributed by atoms with Gasteiger partial charge in [0, 0.05) is 11.3 Å². The van der Waals surface area contributed by atoms with Gasteiger partial charge >= 0.3 is 12.0 Å². The molecule has 1 atom stereocenters. The fourth-order valence-corrected chi connectivity index (χ4v) is 3.15. The van der Waals surface area contributed by atoms with Crippen molar-refractivity contribution >= 4 is 12.0 Å². The second-order valence-corrected chi connectivity index (χ2v) is 6.20. The molecule has 0 spiro atoms. The minimum atomic E-state index is -0.898. The van der Waals surface area contributed by atoms with Crippen molar-refractivity contribution in [2.45, 2.75) is 26.4 Å². The Bertz CT molecular complexity index is 880. The molecule has 6 heteroatoms. The van der Waals surface area contributed by atoms with Crippen LogP contribution in [0.3, 0.4) is 0 Å². The van der Waals surface area contributed by atoms with E-state index in [0.717, 1.165) is 5.56 Å². The zero-order valence-corrected chi connectivity index (χ0v) is 15.2. The number of esters is 1. The van der Waals surface area contributed by atoms with Crippen molar-refractivity contribution in [1.82, 2.24) is 10.2 Å². The lowest BCUT2D eigenvalue weighted by Gasteiger charge is -2.35.